The maximum absolute atomic E-state index is 12.7. The molecule has 104 valence electrons. The Hall–Kier alpha value is -1.62. The van der Waals surface area contributed by atoms with Crippen LogP contribution in [0.15, 0.2) is 24.3 Å². The third-order valence-electron chi connectivity index (χ3n) is 3.53. The molecule has 1 aromatic rings. The average Bonchev–Trinajstić information content (AvgIpc) is 2.37. The van der Waals surface area contributed by atoms with E-state index < -0.39 is 5.54 Å². The van der Waals surface area contributed by atoms with E-state index in [9.17, 15) is 9.18 Å². The Balaban J connectivity index is 1.76. The zero-order valence-corrected chi connectivity index (χ0v) is 11.1. The summed E-state index contributed by atoms with van der Waals surface area (Å²) in [5.74, 6) is 0.268. The summed E-state index contributed by atoms with van der Waals surface area (Å²) in [5.41, 5.74) is 5.31. The highest BCUT2D eigenvalue weighted by Gasteiger charge is 2.41. The van der Waals surface area contributed by atoms with Crippen molar-refractivity contribution in [2.24, 2.45) is 5.73 Å². The maximum Gasteiger partial charge on any atom is 0.242 e. The smallest absolute Gasteiger partial charge is 0.242 e. The SMILES string of the molecule is CN(CCOc1ccc(F)cc1)C(=O)C1(N)CCC1. The van der Waals surface area contributed by atoms with Gasteiger partial charge in [0.25, 0.3) is 0 Å². The van der Waals surface area contributed by atoms with E-state index in [1.54, 1.807) is 24.1 Å². The topological polar surface area (TPSA) is 55.6 Å². The molecule has 1 aliphatic carbocycles. The summed E-state index contributed by atoms with van der Waals surface area (Å²) >= 11 is 0. The van der Waals surface area contributed by atoms with Crippen molar-refractivity contribution < 1.29 is 13.9 Å². The number of nitrogens with zero attached hydrogens (tertiary/aromatic N) is 1. The second kappa shape index (κ2) is 5.57. The van der Waals surface area contributed by atoms with E-state index in [0.717, 1.165) is 19.3 Å². The molecular weight excluding hydrogens is 247 g/mol. The number of halogens is 1. The first kappa shape index (κ1) is 13.8. The van der Waals surface area contributed by atoms with Gasteiger partial charge in [0.2, 0.25) is 5.91 Å². The molecule has 2 rings (SSSR count). The quantitative estimate of drug-likeness (QED) is 0.879. The molecule has 0 bridgehead atoms. The van der Waals surface area contributed by atoms with Gasteiger partial charge in [-0.05, 0) is 43.5 Å². The minimum Gasteiger partial charge on any atom is -0.492 e. The van der Waals surface area contributed by atoms with Gasteiger partial charge in [-0.1, -0.05) is 0 Å². The Kier molecular flexibility index (Phi) is 4.04. The fourth-order valence-corrected chi connectivity index (χ4v) is 2.08. The Morgan fingerprint density at radius 1 is 1.42 bits per heavy atom. The standard InChI is InChI=1S/C14H19FN2O2/c1-17(13(18)14(16)7-2-8-14)9-10-19-12-5-3-11(15)4-6-12/h3-6H,2,7-10,16H2,1H3. The molecule has 0 heterocycles. The van der Waals surface area contributed by atoms with E-state index in [-0.39, 0.29) is 11.7 Å². The molecule has 0 atom stereocenters. The highest BCUT2D eigenvalue weighted by atomic mass is 19.1. The number of hydrogen-bond acceptors (Lipinski definition) is 3. The minimum absolute atomic E-state index is 0.0264. The van der Waals surface area contributed by atoms with Crippen molar-refractivity contribution in [1.82, 2.24) is 4.90 Å². The zero-order valence-electron chi connectivity index (χ0n) is 11.1. The number of amides is 1. The van der Waals surface area contributed by atoms with E-state index in [0.29, 0.717) is 18.9 Å². The van der Waals surface area contributed by atoms with Gasteiger partial charge in [-0.2, -0.15) is 0 Å². The molecule has 19 heavy (non-hydrogen) atoms. The van der Waals surface area contributed by atoms with Crippen LogP contribution < -0.4 is 10.5 Å². The second-order valence-electron chi connectivity index (χ2n) is 5.04. The van der Waals surface area contributed by atoms with Crippen molar-refractivity contribution in [3.8, 4) is 5.75 Å². The largest absolute Gasteiger partial charge is 0.492 e. The zero-order chi connectivity index (χ0) is 13.9. The van der Waals surface area contributed by atoms with E-state index in [1.165, 1.54) is 12.1 Å². The van der Waals surface area contributed by atoms with Crippen molar-refractivity contribution in [3.63, 3.8) is 0 Å². The van der Waals surface area contributed by atoms with Crippen molar-refractivity contribution in [1.29, 1.82) is 0 Å². The molecule has 0 radical (unpaired) electrons. The van der Waals surface area contributed by atoms with Gasteiger partial charge >= 0.3 is 0 Å². The Bertz CT molecular complexity index is 443. The van der Waals surface area contributed by atoms with Crippen LogP contribution in [0.2, 0.25) is 0 Å². The molecular formula is C14H19FN2O2. The predicted molar refractivity (Wildman–Crippen MR) is 70.3 cm³/mol. The van der Waals surface area contributed by atoms with Gasteiger partial charge in [-0.15, -0.1) is 0 Å². The van der Waals surface area contributed by atoms with Crippen molar-refractivity contribution >= 4 is 5.91 Å². The molecule has 4 nitrogen and oxygen atoms in total. The number of likely N-dealkylation sites (N-methyl/N-ethyl adjacent to an activating group) is 1. The van der Waals surface area contributed by atoms with Crippen LogP contribution in [0.3, 0.4) is 0 Å². The summed E-state index contributed by atoms with van der Waals surface area (Å²) in [4.78, 5) is 13.6. The molecule has 1 fully saturated rings. The molecule has 0 spiro atoms. The number of carbonyl (C=O) groups is 1. The first-order chi connectivity index (χ1) is 9.01. The summed E-state index contributed by atoms with van der Waals surface area (Å²) in [6.07, 6.45) is 2.53. The number of hydrogen-bond donors (Lipinski definition) is 1. The lowest BCUT2D eigenvalue weighted by atomic mass is 9.77. The van der Waals surface area contributed by atoms with Gasteiger partial charge in [0.15, 0.2) is 0 Å². The average molecular weight is 266 g/mol. The summed E-state index contributed by atoms with van der Waals surface area (Å²) in [5, 5.41) is 0. The van der Waals surface area contributed by atoms with Crippen LogP contribution >= 0.6 is 0 Å². The number of ether oxygens (including phenoxy) is 1. The number of nitrogens with two attached hydrogens (primary N) is 1. The van der Waals surface area contributed by atoms with E-state index in [2.05, 4.69) is 0 Å². The lowest BCUT2D eigenvalue weighted by Crippen LogP contribution is -2.59. The Labute approximate surface area is 112 Å². The lowest BCUT2D eigenvalue weighted by Gasteiger charge is -2.39. The molecule has 0 saturated heterocycles. The monoisotopic (exact) mass is 266 g/mol. The molecule has 1 aliphatic rings. The highest BCUT2D eigenvalue weighted by molar-refractivity contribution is 5.86. The van der Waals surface area contributed by atoms with Crippen LogP contribution in [0, 0.1) is 5.82 Å². The number of benzene rings is 1. The first-order valence-corrected chi connectivity index (χ1v) is 6.44. The number of carbonyl (C=O) groups excluding carboxylic acids is 1. The van der Waals surface area contributed by atoms with Crippen molar-refractivity contribution in [3.05, 3.63) is 30.1 Å². The Morgan fingerprint density at radius 2 is 2.05 bits per heavy atom. The minimum atomic E-state index is -0.662. The molecule has 0 aromatic heterocycles. The molecule has 5 heteroatoms. The van der Waals surface area contributed by atoms with Gasteiger partial charge < -0.3 is 15.4 Å². The summed E-state index contributed by atoms with van der Waals surface area (Å²) < 4.78 is 18.1. The van der Waals surface area contributed by atoms with Crippen LogP contribution in [0.4, 0.5) is 4.39 Å². The summed E-state index contributed by atoms with van der Waals surface area (Å²) in [6, 6.07) is 5.81. The van der Waals surface area contributed by atoms with Gasteiger partial charge in [0.05, 0.1) is 12.1 Å². The summed E-state index contributed by atoms with van der Waals surface area (Å²) in [6.45, 7) is 0.832. The fourth-order valence-electron chi connectivity index (χ4n) is 2.08. The van der Waals surface area contributed by atoms with Crippen molar-refractivity contribution in [2.45, 2.75) is 24.8 Å². The third kappa shape index (κ3) is 3.23. The Morgan fingerprint density at radius 3 is 2.58 bits per heavy atom. The molecule has 1 aromatic carbocycles. The van der Waals surface area contributed by atoms with Gasteiger partial charge in [0, 0.05) is 7.05 Å². The summed E-state index contributed by atoms with van der Waals surface area (Å²) in [7, 11) is 1.73. The van der Waals surface area contributed by atoms with Crippen molar-refractivity contribution in [2.75, 3.05) is 20.2 Å². The maximum atomic E-state index is 12.7. The van der Waals surface area contributed by atoms with Gasteiger partial charge in [0.1, 0.15) is 18.2 Å². The number of rotatable bonds is 5. The molecule has 2 N–H and O–H groups in total. The van der Waals surface area contributed by atoms with Gasteiger partial charge in [-0.25, -0.2) is 4.39 Å². The molecule has 1 amide bonds. The van der Waals surface area contributed by atoms with Gasteiger partial charge in [-0.3, -0.25) is 4.79 Å². The molecule has 0 aliphatic heterocycles. The van der Waals surface area contributed by atoms with E-state index >= 15 is 0 Å². The first-order valence-electron chi connectivity index (χ1n) is 6.44. The van der Waals surface area contributed by atoms with E-state index in [4.69, 9.17) is 10.5 Å². The second-order valence-corrected chi connectivity index (χ2v) is 5.04. The predicted octanol–water partition coefficient (Wildman–Crippen LogP) is 1.54. The normalized spacial score (nSPS) is 16.6. The van der Waals surface area contributed by atoms with Crippen LogP contribution in [-0.2, 0) is 4.79 Å². The van der Waals surface area contributed by atoms with Crippen LogP contribution in [-0.4, -0.2) is 36.5 Å². The third-order valence-corrected chi connectivity index (χ3v) is 3.53. The fraction of sp³-hybridized carbons (Fsp3) is 0.500. The molecule has 1 saturated carbocycles. The highest BCUT2D eigenvalue weighted by Crippen LogP contribution is 2.30. The van der Waals surface area contributed by atoms with Crippen LogP contribution in [0.1, 0.15) is 19.3 Å². The van der Waals surface area contributed by atoms with E-state index in [1.807, 2.05) is 0 Å². The van der Waals surface area contributed by atoms with Crippen LogP contribution in [0.25, 0.3) is 0 Å². The molecule has 0 unspecified atom stereocenters. The van der Waals surface area contributed by atoms with Crippen LogP contribution in [0.5, 0.6) is 5.75 Å². The lowest BCUT2D eigenvalue weighted by molar-refractivity contribution is -0.139.